The Morgan fingerprint density at radius 2 is 0.563 bits per heavy atom. The molecule has 0 spiro atoms. The molecular weight excluding hydrogens is 869 g/mol. The van der Waals surface area contributed by atoms with Crippen LogP contribution in [0.1, 0.15) is 80.1 Å². The van der Waals surface area contributed by atoms with E-state index in [1.807, 2.05) is 0 Å². The van der Waals surface area contributed by atoms with Crippen LogP contribution in [-0.4, -0.2) is 8.07 Å². The van der Waals surface area contributed by atoms with Crippen LogP contribution in [0.25, 0.3) is 0 Å². The van der Waals surface area contributed by atoms with Gasteiger partial charge in [-0.05, 0) is 151 Å². The molecule has 0 bridgehead atoms. The average Bonchev–Trinajstić information content (AvgIpc) is 3.74. The van der Waals surface area contributed by atoms with Gasteiger partial charge in [-0.25, -0.2) is 0 Å². The third-order valence-corrected chi connectivity index (χ3v) is 21.1. The molecular formula is C70H64Si. The SMILES string of the molecule is CC1CC2C=CC=CC2C1[Si](c1cc(Cc2ccccc2)cc(Cc2ccccc2)c1)(c1cc(Cc2ccccc2)cc(Cc2ccccc2)c1)c1cc(Cc2ccccc2)cc(Cc2ccccc2)c1. The fraction of sp³-hybridized carbons (Fsp3) is 0.171. The molecule has 1 saturated carbocycles. The normalized spacial score (nSPS) is 17.3. The molecule has 0 aliphatic heterocycles. The van der Waals surface area contributed by atoms with Crippen LogP contribution < -0.4 is 15.6 Å². The molecule has 0 nitrogen and oxygen atoms in total. The van der Waals surface area contributed by atoms with Crippen LogP contribution in [-0.2, 0) is 38.5 Å². The number of benzene rings is 9. The summed E-state index contributed by atoms with van der Waals surface area (Å²) < 4.78 is 0. The summed E-state index contributed by atoms with van der Waals surface area (Å²) in [5, 5.41) is 4.63. The molecule has 0 heterocycles. The van der Waals surface area contributed by atoms with E-state index in [4.69, 9.17) is 0 Å². The van der Waals surface area contributed by atoms with Crippen molar-refractivity contribution in [2.24, 2.45) is 17.8 Å². The largest absolute Gasteiger partial charge is 0.152 e. The zero-order valence-electron chi connectivity index (χ0n) is 41.1. The van der Waals surface area contributed by atoms with Crippen molar-refractivity contribution in [2.45, 2.75) is 57.4 Å². The molecule has 0 aromatic heterocycles. The van der Waals surface area contributed by atoms with Crippen molar-refractivity contribution < 1.29 is 0 Å². The first-order valence-electron chi connectivity index (χ1n) is 26.0. The van der Waals surface area contributed by atoms with Gasteiger partial charge < -0.3 is 0 Å². The molecule has 9 aromatic carbocycles. The van der Waals surface area contributed by atoms with Gasteiger partial charge in [-0.1, -0.05) is 268 Å². The second kappa shape index (κ2) is 21.3. The lowest BCUT2D eigenvalue weighted by molar-refractivity contribution is 0.546. The third-order valence-electron chi connectivity index (χ3n) is 15.5. The Bertz CT molecular complexity index is 2740. The number of hydrogen-bond donors (Lipinski definition) is 0. The van der Waals surface area contributed by atoms with E-state index in [-0.39, 0.29) is 0 Å². The highest BCUT2D eigenvalue weighted by atomic mass is 28.3. The van der Waals surface area contributed by atoms with E-state index >= 15 is 0 Å². The van der Waals surface area contributed by atoms with E-state index in [0.717, 1.165) is 38.5 Å². The van der Waals surface area contributed by atoms with E-state index in [0.29, 0.717) is 23.3 Å². The molecule has 0 amide bonds. The van der Waals surface area contributed by atoms with Crippen molar-refractivity contribution in [1.29, 1.82) is 0 Å². The van der Waals surface area contributed by atoms with Crippen molar-refractivity contribution >= 4 is 23.6 Å². The Labute approximate surface area is 424 Å². The molecule has 11 rings (SSSR count). The lowest BCUT2D eigenvalue weighted by Gasteiger charge is -2.45. The minimum atomic E-state index is -3.14. The minimum absolute atomic E-state index is 0.387. The molecule has 1 heteroatoms. The van der Waals surface area contributed by atoms with Crippen molar-refractivity contribution in [3.8, 4) is 0 Å². The fourth-order valence-electron chi connectivity index (χ4n) is 12.6. The number of hydrogen-bond acceptors (Lipinski definition) is 0. The summed E-state index contributed by atoms with van der Waals surface area (Å²) in [6.45, 7) is 2.61. The fourth-order valence-corrected chi connectivity index (χ4v) is 19.2. The van der Waals surface area contributed by atoms with Crippen LogP contribution in [0.2, 0.25) is 5.54 Å². The first-order chi connectivity index (χ1) is 35.0. The molecule has 2 aliphatic carbocycles. The lowest BCUT2D eigenvalue weighted by atomic mass is 9.92. The van der Waals surface area contributed by atoms with Gasteiger partial charge in [0.25, 0.3) is 0 Å². The van der Waals surface area contributed by atoms with Crippen molar-refractivity contribution in [3.63, 3.8) is 0 Å². The van der Waals surface area contributed by atoms with Crippen LogP contribution in [0.4, 0.5) is 0 Å². The van der Waals surface area contributed by atoms with E-state index in [1.165, 1.54) is 73.2 Å². The predicted molar refractivity (Wildman–Crippen MR) is 302 cm³/mol. The van der Waals surface area contributed by atoms with Crippen LogP contribution >= 0.6 is 0 Å². The summed E-state index contributed by atoms with van der Waals surface area (Å²) >= 11 is 0. The van der Waals surface area contributed by atoms with Gasteiger partial charge in [0, 0.05) is 0 Å². The Morgan fingerprint density at radius 3 is 0.831 bits per heavy atom. The van der Waals surface area contributed by atoms with Gasteiger partial charge >= 0.3 is 0 Å². The number of allylic oxidation sites excluding steroid dienone is 4. The highest BCUT2D eigenvalue weighted by Gasteiger charge is 2.56. The first kappa shape index (κ1) is 46.1. The van der Waals surface area contributed by atoms with Crippen LogP contribution in [0.3, 0.4) is 0 Å². The van der Waals surface area contributed by atoms with Gasteiger partial charge in [0.1, 0.15) is 0 Å². The summed E-state index contributed by atoms with van der Waals surface area (Å²) in [4.78, 5) is 0. The molecule has 4 unspecified atom stereocenters. The summed E-state index contributed by atoms with van der Waals surface area (Å²) in [6.07, 6.45) is 16.4. The highest BCUT2D eigenvalue weighted by Crippen LogP contribution is 2.53. The minimum Gasteiger partial charge on any atom is -0.0808 e. The molecule has 2 aliphatic rings. The van der Waals surface area contributed by atoms with Crippen LogP contribution in [0.5, 0.6) is 0 Å². The number of rotatable bonds is 16. The van der Waals surface area contributed by atoms with Crippen molar-refractivity contribution in [1.82, 2.24) is 0 Å². The van der Waals surface area contributed by atoms with E-state index in [1.54, 1.807) is 15.6 Å². The second-order valence-corrected chi connectivity index (χ2v) is 24.7. The standard InChI is InChI=1S/C70H64Si/c1-52-36-65-34-20-21-35-69(65)70(52)71(66-46-59(37-53-22-8-2-9-23-53)43-60(47-66)38-54-24-10-3-11-25-54,67-48-61(39-55-26-12-4-13-27-55)44-62(49-67)40-56-28-14-5-15-29-56)68-50-63(41-57-30-16-6-17-31-57)45-64(51-68)42-58-32-18-7-19-33-58/h2-35,43-52,65,69-70H,36-42H2,1H3. The van der Waals surface area contributed by atoms with Gasteiger partial charge in [0.2, 0.25) is 0 Å². The summed E-state index contributed by atoms with van der Waals surface area (Å²) in [7, 11) is -3.14. The maximum atomic E-state index is 2.71. The molecule has 0 saturated heterocycles. The monoisotopic (exact) mass is 932 g/mol. The molecule has 0 N–H and O–H groups in total. The quantitative estimate of drug-likeness (QED) is 0.0669. The van der Waals surface area contributed by atoms with Crippen LogP contribution in [0, 0.1) is 17.8 Å². The topological polar surface area (TPSA) is 0 Å². The van der Waals surface area contributed by atoms with E-state index in [9.17, 15) is 0 Å². The molecule has 348 valence electrons. The molecule has 9 aromatic rings. The molecule has 71 heavy (non-hydrogen) atoms. The van der Waals surface area contributed by atoms with Gasteiger partial charge in [0.05, 0.1) is 0 Å². The highest BCUT2D eigenvalue weighted by molar-refractivity contribution is 7.12. The van der Waals surface area contributed by atoms with Crippen molar-refractivity contribution in [3.05, 3.63) is 328 Å². The Kier molecular flexibility index (Phi) is 13.9. The molecule has 4 atom stereocenters. The summed E-state index contributed by atoms with van der Waals surface area (Å²) in [6, 6.07) is 90.8. The smallest absolute Gasteiger partial charge is 0.0808 e. The first-order valence-corrected chi connectivity index (χ1v) is 28.1. The molecule has 1 fully saturated rings. The molecule has 0 radical (unpaired) electrons. The van der Waals surface area contributed by atoms with Crippen molar-refractivity contribution in [2.75, 3.05) is 0 Å². The van der Waals surface area contributed by atoms with Crippen LogP contribution in [0.15, 0.2) is 261 Å². The average molecular weight is 933 g/mol. The Morgan fingerprint density at radius 1 is 0.310 bits per heavy atom. The van der Waals surface area contributed by atoms with Gasteiger partial charge in [-0.15, -0.1) is 0 Å². The third kappa shape index (κ3) is 10.6. The second-order valence-electron chi connectivity index (χ2n) is 20.6. The van der Waals surface area contributed by atoms with E-state index in [2.05, 4.69) is 268 Å². The predicted octanol–water partition coefficient (Wildman–Crippen LogP) is 14.5. The lowest BCUT2D eigenvalue weighted by Crippen LogP contribution is -2.71. The summed E-state index contributed by atoms with van der Waals surface area (Å²) in [5.41, 5.74) is 16.9. The van der Waals surface area contributed by atoms with Gasteiger partial charge in [0.15, 0.2) is 8.07 Å². The zero-order chi connectivity index (χ0) is 47.8. The van der Waals surface area contributed by atoms with Gasteiger partial charge in [-0.3, -0.25) is 0 Å². The maximum absolute atomic E-state index is 3.14. The zero-order valence-corrected chi connectivity index (χ0v) is 42.1. The Hall–Kier alpha value is -7.32. The van der Waals surface area contributed by atoms with E-state index < -0.39 is 8.07 Å². The number of fused-ring (bicyclic) bond motifs is 1. The Balaban J connectivity index is 1.25. The maximum Gasteiger partial charge on any atom is 0.152 e. The summed E-state index contributed by atoms with van der Waals surface area (Å²) in [5.74, 6) is 1.38. The van der Waals surface area contributed by atoms with Gasteiger partial charge in [-0.2, -0.15) is 0 Å².